The maximum Gasteiger partial charge on any atom is -0.00492 e. The zero-order valence-corrected chi connectivity index (χ0v) is 6.77. The Morgan fingerprint density at radius 2 is 2.40 bits per heavy atom. The van der Waals surface area contributed by atoms with E-state index in [9.17, 15) is 0 Å². The lowest BCUT2D eigenvalue weighted by molar-refractivity contribution is 0.438. The first-order chi connectivity index (χ1) is 4.93. The largest absolute Gasteiger partial charge is 0.320 e. The van der Waals surface area contributed by atoms with Gasteiger partial charge in [0, 0.05) is 0 Å². The van der Waals surface area contributed by atoms with E-state index in [1.807, 2.05) is 7.05 Å². The minimum Gasteiger partial charge on any atom is -0.320 e. The predicted octanol–water partition coefficient (Wildman–Crippen LogP) is 1.95. The van der Waals surface area contributed by atoms with Gasteiger partial charge in [0.1, 0.15) is 0 Å². The van der Waals surface area contributed by atoms with Crippen LogP contribution >= 0.6 is 0 Å². The highest BCUT2D eigenvalue weighted by Crippen LogP contribution is 2.20. The van der Waals surface area contributed by atoms with Gasteiger partial charge in [0.2, 0.25) is 0 Å². The van der Waals surface area contributed by atoms with Crippen LogP contribution in [0.2, 0.25) is 0 Å². The van der Waals surface area contributed by atoms with Crippen molar-refractivity contribution in [2.24, 2.45) is 5.92 Å². The quantitative estimate of drug-likeness (QED) is 0.589. The van der Waals surface area contributed by atoms with Crippen LogP contribution in [0, 0.1) is 5.92 Å². The Hall–Kier alpha value is -0.300. The second-order valence-corrected chi connectivity index (χ2v) is 3.04. The summed E-state index contributed by atoms with van der Waals surface area (Å²) < 4.78 is 0. The predicted molar refractivity (Wildman–Crippen MR) is 45.0 cm³/mol. The van der Waals surface area contributed by atoms with Gasteiger partial charge in [0.15, 0.2) is 0 Å². The molecule has 1 rings (SSSR count). The fourth-order valence-electron chi connectivity index (χ4n) is 1.47. The average molecular weight is 139 g/mol. The molecule has 0 aromatic carbocycles. The van der Waals surface area contributed by atoms with Gasteiger partial charge in [-0.05, 0) is 45.2 Å². The maximum atomic E-state index is 3.19. The van der Waals surface area contributed by atoms with Gasteiger partial charge in [-0.25, -0.2) is 0 Å². The van der Waals surface area contributed by atoms with Crippen LogP contribution < -0.4 is 5.32 Å². The summed E-state index contributed by atoms with van der Waals surface area (Å²) in [4.78, 5) is 0. The number of rotatable bonds is 3. The molecule has 1 heteroatoms. The molecule has 0 amide bonds. The first-order valence-electron chi connectivity index (χ1n) is 4.23. The van der Waals surface area contributed by atoms with Crippen molar-refractivity contribution < 1.29 is 0 Å². The zero-order chi connectivity index (χ0) is 7.23. The second-order valence-electron chi connectivity index (χ2n) is 3.04. The molecule has 10 heavy (non-hydrogen) atoms. The molecule has 0 saturated carbocycles. The highest BCUT2D eigenvalue weighted by molar-refractivity contribution is 4.89. The van der Waals surface area contributed by atoms with E-state index in [1.54, 1.807) is 0 Å². The van der Waals surface area contributed by atoms with E-state index in [1.165, 1.54) is 32.2 Å². The van der Waals surface area contributed by atoms with E-state index in [0.717, 1.165) is 5.92 Å². The van der Waals surface area contributed by atoms with Crippen LogP contribution in [0.25, 0.3) is 0 Å². The average Bonchev–Trinajstić information content (AvgIpc) is 2.03. The van der Waals surface area contributed by atoms with Crippen molar-refractivity contribution in [2.75, 3.05) is 13.6 Å². The van der Waals surface area contributed by atoms with E-state index in [-0.39, 0.29) is 0 Å². The summed E-state index contributed by atoms with van der Waals surface area (Å²) in [5.74, 6) is 0.956. The third-order valence-electron chi connectivity index (χ3n) is 2.18. The summed E-state index contributed by atoms with van der Waals surface area (Å²) in [5.41, 5.74) is 0. The molecule has 1 aliphatic rings. The molecule has 1 atom stereocenters. The van der Waals surface area contributed by atoms with E-state index < -0.39 is 0 Å². The van der Waals surface area contributed by atoms with Crippen molar-refractivity contribution in [1.82, 2.24) is 5.32 Å². The fraction of sp³-hybridized carbons (Fsp3) is 0.778. The highest BCUT2D eigenvalue weighted by atomic mass is 14.8. The van der Waals surface area contributed by atoms with Crippen LogP contribution in [0.5, 0.6) is 0 Å². The Kier molecular flexibility index (Phi) is 3.52. The molecule has 0 spiro atoms. The molecular formula is C9H17N. The normalized spacial score (nSPS) is 25.1. The Balaban J connectivity index is 2.10. The SMILES string of the molecule is CNCC[C@@H]1CC=CCC1. The van der Waals surface area contributed by atoms with Gasteiger partial charge in [0.05, 0.1) is 0 Å². The topological polar surface area (TPSA) is 12.0 Å². The van der Waals surface area contributed by atoms with Crippen LogP contribution in [0.4, 0.5) is 0 Å². The maximum absolute atomic E-state index is 3.19. The number of hydrogen-bond acceptors (Lipinski definition) is 1. The molecule has 0 aromatic rings. The summed E-state index contributed by atoms with van der Waals surface area (Å²) in [5, 5.41) is 3.19. The van der Waals surface area contributed by atoms with Gasteiger partial charge >= 0.3 is 0 Å². The minimum absolute atomic E-state index is 0.956. The lowest BCUT2D eigenvalue weighted by Crippen LogP contribution is -2.13. The van der Waals surface area contributed by atoms with E-state index in [2.05, 4.69) is 17.5 Å². The van der Waals surface area contributed by atoms with Crippen molar-refractivity contribution in [3.05, 3.63) is 12.2 Å². The first kappa shape index (κ1) is 7.80. The van der Waals surface area contributed by atoms with Crippen molar-refractivity contribution in [2.45, 2.75) is 25.7 Å². The van der Waals surface area contributed by atoms with Gasteiger partial charge < -0.3 is 5.32 Å². The van der Waals surface area contributed by atoms with Crippen molar-refractivity contribution in [3.8, 4) is 0 Å². The van der Waals surface area contributed by atoms with Crippen LogP contribution in [0.3, 0.4) is 0 Å². The standard InChI is InChI=1S/C9H17N/c1-10-8-7-9-5-3-2-4-6-9/h2-3,9-10H,4-8H2,1H3/t9-/m1/s1. The fourth-order valence-corrected chi connectivity index (χ4v) is 1.47. The van der Waals surface area contributed by atoms with Crippen molar-refractivity contribution in [3.63, 3.8) is 0 Å². The molecule has 0 aliphatic heterocycles. The van der Waals surface area contributed by atoms with Crippen molar-refractivity contribution >= 4 is 0 Å². The molecule has 1 N–H and O–H groups in total. The molecule has 0 saturated heterocycles. The monoisotopic (exact) mass is 139 g/mol. The number of hydrogen-bond donors (Lipinski definition) is 1. The van der Waals surface area contributed by atoms with Gasteiger partial charge in [-0.15, -0.1) is 0 Å². The first-order valence-corrected chi connectivity index (χ1v) is 4.23. The molecule has 1 nitrogen and oxygen atoms in total. The van der Waals surface area contributed by atoms with Gasteiger partial charge in [-0.2, -0.15) is 0 Å². The summed E-state index contributed by atoms with van der Waals surface area (Å²) in [6, 6.07) is 0. The molecule has 0 bridgehead atoms. The molecule has 58 valence electrons. The van der Waals surface area contributed by atoms with Gasteiger partial charge in [-0.3, -0.25) is 0 Å². The lowest BCUT2D eigenvalue weighted by atomic mass is 9.92. The Labute approximate surface area is 63.5 Å². The Morgan fingerprint density at radius 3 is 3.00 bits per heavy atom. The molecule has 0 radical (unpaired) electrons. The van der Waals surface area contributed by atoms with Crippen LogP contribution in [-0.4, -0.2) is 13.6 Å². The molecule has 0 fully saturated rings. The van der Waals surface area contributed by atoms with Crippen LogP contribution in [0.15, 0.2) is 12.2 Å². The lowest BCUT2D eigenvalue weighted by Gasteiger charge is -2.16. The third-order valence-corrected chi connectivity index (χ3v) is 2.18. The van der Waals surface area contributed by atoms with E-state index in [0.29, 0.717) is 0 Å². The second kappa shape index (κ2) is 4.51. The van der Waals surface area contributed by atoms with E-state index >= 15 is 0 Å². The minimum atomic E-state index is 0.956. The number of nitrogens with one attached hydrogen (secondary N) is 1. The van der Waals surface area contributed by atoms with Gasteiger partial charge in [0.25, 0.3) is 0 Å². The molecular weight excluding hydrogens is 122 g/mol. The highest BCUT2D eigenvalue weighted by Gasteiger charge is 2.07. The van der Waals surface area contributed by atoms with Crippen LogP contribution in [0.1, 0.15) is 25.7 Å². The zero-order valence-electron chi connectivity index (χ0n) is 6.77. The molecule has 0 aromatic heterocycles. The Morgan fingerprint density at radius 1 is 1.50 bits per heavy atom. The van der Waals surface area contributed by atoms with Gasteiger partial charge in [-0.1, -0.05) is 12.2 Å². The third kappa shape index (κ3) is 2.53. The summed E-state index contributed by atoms with van der Waals surface area (Å²) in [7, 11) is 2.03. The summed E-state index contributed by atoms with van der Waals surface area (Å²) >= 11 is 0. The smallest absolute Gasteiger partial charge is 0.00492 e. The van der Waals surface area contributed by atoms with Crippen LogP contribution in [-0.2, 0) is 0 Å². The molecule has 0 heterocycles. The van der Waals surface area contributed by atoms with Crippen molar-refractivity contribution in [1.29, 1.82) is 0 Å². The molecule has 1 aliphatic carbocycles. The Bertz CT molecular complexity index is 107. The summed E-state index contributed by atoms with van der Waals surface area (Å²) in [6.07, 6.45) is 9.98. The molecule has 0 unspecified atom stereocenters. The van der Waals surface area contributed by atoms with E-state index in [4.69, 9.17) is 0 Å². The summed E-state index contributed by atoms with van der Waals surface area (Å²) in [6.45, 7) is 1.18. The number of allylic oxidation sites excluding steroid dienone is 2.